The van der Waals surface area contributed by atoms with Crippen LogP contribution in [0.5, 0.6) is 0 Å². The highest BCUT2D eigenvalue weighted by molar-refractivity contribution is 5.75. The highest BCUT2D eigenvalue weighted by Gasteiger charge is 1.96. The van der Waals surface area contributed by atoms with E-state index in [4.69, 9.17) is 4.42 Å². The maximum atomic E-state index is 11.1. The van der Waals surface area contributed by atoms with Crippen LogP contribution in [-0.4, -0.2) is 0 Å². The number of rotatable bonds is 0. The molecule has 2 nitrogen and oxygen atoms in total. The summed E-state index contributed by atoms with van der Waals surface area (Å²) < 4.78 is 5.09. The molecule has 2 rings (SSSR count). The molecule has 1 aromatic carbocycles. The maximum Gasteiger partial charge on any atom is 0.192 e. The van der Waals surface area contributed by atoms with Gasteiger partial charge >= 0.3 is 0 Å². The molecular weight excluding hydrogens is 200 g/mol. The van der Waals surface area contributed by atoms with Gasteiger partial charge in [-0.15, -0.1) is 0 Å². The molecule has 0 atom stereocenters. The molecule has 0 aliphatic rings. The molecule has 0 fully saturated rings. The third-order valence-electron chi connectivity index (χ3n) is 1.57. The van der Waals surface area contributed by atoms with Crippen LogP contribution in [0.2, 0.25) is 0 Å². The molecule has 0 amide bonds. The predicted molar refractivity (Wildman–Crippen MR) is 67.6 cm³/mol. The quantitative estimate of drug-likeness (QED) is 0.672. The van der Waals surface area contributed by atoms with E-state index in [-0.39, 0.29) is 5.43 Å². The lowest BCUT2D eigenvalue weighted by Crippen LogP contribution is -1.96. The summed E-state index contributed by atoms with van der Waals surface area (Å²) in [5.41, 5.74) is 1.15. The van der Waals surface area contributed by atoms with E-state index < -0.39 is 0 Å². The van der Waals surface area contributed by atoms with Gasteiger partial charge in [-0.05, 0) is 17.5 Å². The maximum absolute atomic E-state index is 11.1. The van der Waals surface area contributed by atoms with Gasteiger partial charge in [0.05, 0.1) is 11.6 Å². The minimum absolute atomic E-state index is 0.00634. The Morgan fingerprint density at radius 1 is 1.00 bits per heavy atom. The van der Waals surface area contributed by atoms with Crippen molar-refractivity contribution in [1.29, 1.82) is 0 Å². The summed E-state index contributed by atoms with van der Waals surface area (Å²) in [4.78, 5) is 11.1. The second-order valence-electron chi connectivity index (χ2n) is 5.28. The lowest BCUT2D eigenvalue weighted by molar-refractivity contribution is 0.469. The fourth-order valence-electron chi connectivity index (χ4n) is 1.03. The Hall–Kier alpha value is -1.57. The average Bonchev–Trinajstić information content (AvgIpc) is 2.16. The highest BCUT2D eigenvalue weighted by Crippen LogP contribution is 2.08. The van der Waals surface area contributed by atoms with Gasteiger partial charge in [-0.2, -0.15) is 0 Å². The zero-order valence-corrected chi connectivity index (χ0v) is 10.3. The van der Waals surface area contributed by atoms with Crippen LogP contribution in [0.25, 0.3) is 11.0 Å². The fourth-order valence-corrected chi connectivity index (χ4v) is 1.03. The second-order valence-corrected chi connectivity index (χ2v) is 5.28. The molecule has 0 saturated heterocycles. The molecule has 16 heavy (non-hydrogen) atoms. The van der Waals surface area contributed by atoms with E-state index in [1.165, 1.54) is 12.3 Å². The van der Waals surface area contributed by atoms with Crippen LogP contribution in [0.3, 0.4) is 0 Å². The number of hydrogen-bond acceptors (Lipinski definition) is 2. The molecule has 1 aromatic heterocycles. The van der Waals surface area contributed by atoms with Crippen LogP contribution >= 0.6 is 0 Å². The first-order chi connectivity index (χ1) is 7.38. The normalized spacial score (nSPS) is 10.8. The fraction of sp³-hybridized carbons (Fsp3) is 0.357. The van der Waals surface area contributed by atoms with E-state index in [9.17, 15) is 4.79 Å². The van der Waals surface area contributed by atoms with Crippen molar-refractivity contribution in [2.45, 2.75) is 27.7 Å². The van der Waals surface area contributed by atoms with Crippen molar-refractivity contribution in [2.24, 2.45) is 5.41 Å². The number of para-hydroxylation sites is 1. The Bertz CT molecular complexity index is 492. The van der Waals surface area contributed by atoms with Gasteiger partial charge in [0.2, 0.25) is 0 Å². The van der Waals surface area contributed by atoms with Crippen molar-refractivity contribution in [2.75, 3.05) is 0 Å². The van der Waals surface area contributed by atoms with Crippen LogP contribution in [0.4, 0.5) is 0 Å². The minimum atomic E-state index is 0.00634. The highest BCUT2D eigenvalue weighted by atomic mass is 16.3. The SMILES string of the molecule is CC(C)(C)C.O=c1ccoc2ccccc12. The van der Waals surface area contributed by atoms with Crippen LogP contribution in [-0.2, 0) is 0 Å². The van der Waals surface area contributed by atoms with Crippen LogP contribution in [0.15, 0.2) is 45.8 Å². The summed E-state index contributed by atoms with van der Waals surface area (Å²) in [5.74, 6) is 0. The number of hydrogen-bond donors (Lipinski definition) is 0. The molecule has 0 N–H and O–H groups in total. The molecule has 0 aliphatic carbocycles. The molecular formula is C14H18O2. The molecule has 0 saturated carbocycles. The van der Waals surface area contributed by atoms with Crippen LogP contribution in [0, 0.1) is 5.41 Å². The van der Waals surface area contributed by atoms with Crippen molar-refractivity contribution in [3.05, 3.63) is 46.8 Å². The van der Waals surface area contributed by atoms with Crippen molar-refractivity contribution < 1.29 is 4.42 Å². The summed E-state index contributed by atoms with van der Waals surface area (Å²) >= 11 is 0. The van der Waals surface area contributed by atoms with Crippen molar-refractivity contribution in [3.63, 3.8) is 0 Å². The summed E-state index contributed by atoms with van der Waals surface area (Å²) in [6.45, 7) is 8.75. The third kappa shape index (κ3) is 4.30. The van der Waals surface area contributed by atoms with E-state index in [1.807, 2.05) is 12.1 Å². The lowest BCUT2D eigenvalue weighted by Gasteiger charge is -2.05. The van der Waals surface area contributed by atoms with Gasteiger partial charge in [0.25, 0.3) is 0 Å². The molecule has 86 valence electrons. The zero-order valence-electron chi connectivity index (χ0n) is 10.3. The first-order valence-corrected chi connectivity index (χ1v) is 5.34. The standard InChI is InChI=1S/C9H6O2.C5H12/c10-8-5-6-11-9-4-2-1-3-7(8)9;1-5(2,3)4/h1-6H;1-4H3. The lowest BCUT2D eigenvalue weighted by atomic mass is 10.0. The largest absolute Gasteiger partial charge is 0.464 e. The number of benzene rings is 1. The molecule has 0 unspecified atom stereocenters. The van der Waals surface area contributed by atoms with E-state index in [1.54, 1.807) is 12.1 Å². The Balaban J connectivity index is 0.000000221. The molecule has 2 heteroatoms. The van der Waals surface area contributed by atoms with Gasteiger partial charge in [0, 0.05) is 6.07 Å². The summed E-state index contributed by atoms with van der Waals surface area (Å²) in [6.07, 6.45) is 1.41. The van der Waals surface area contributed by atoms with Crippen LogP contribution in [0.1, 0.15) is 27.7 Å². The van der Waals surface area contributed by atoms with Gasteiger partial charge in [0.1, 0.15) is 5.58 Å². The minimum Gasteiger partial charge on any atom is -0.464 e. The Labute approximate surface area is 95.9 Å². The molecule has 2 aromatic rings. The summed E-state index contributed by atoms with van der Waals surface area (Å²) in [6, 6.07) is 8.60. The summed E-state index contributed by atoms with van der Waals surface area (Å²) in [5, 5.41) is 0.634. The predicted octanol–water partition coefficient (Wildman–Crippen LogP) is 3.85. The smallest absolute Gasteiger partial charge is 0.192 e. The third-order valence-corrected chi connectivity index (χ3v) is 1.57. The number of fused-ring (bicyclic) bond motifs is 1. The van der Waals surface area contributed by atoms with Gasteiger partial charge in [0.15, 0.2) is 5.43 Å². The average molecular weight is 218 g/mol. The molecule has 1 heterocycles. The molecule has 0 spiro atoms. The molecule has 0 radical (unpaired) electrons. The van der Waals surface area contributed by atoms with Gasteiger partial charge in [-0.25, -0.2) is 0 Å². The monoisotopic (exact) mass is 218 g/mol. The Kier molecular flexibility index (Phi) is 3.88. The topological polar surface area (TPSA) is 30.2 Å². The second kappa shape index (κ2) is 4.97. The van der Waals surface area contributed by atoms with Gasteiger partial charge in [-0.3, -0.25) is 4.79 Å². The van der Waals surface area contributed by atoms with Crippen LogP contribution < -0.4 is 5.43 Å². The molecule has 0 aliphatic heterocycles. The van der Waals surface area contributed by atoms with Crippen molar-refractivity contribution >= 4 is 11.0 Å². The first kappa shape index (κ1) is 12.5. The van der Waals surface area contributed by atoms with E-state index in [0.29, 0.717) is 16.4 Å². The first-order valence-electron chi connectivity index (χ1n) is 5.34. The molecule has 0 bridgehead atoms. The Morgan fingerprint density at radius 3 is 2.12 bits per heavy atom. The summed E-state index contributed by atoms with van der Waals surface area (Å²) in [7, 11) is 0. The van der Waals surface area contributed by atoms with E-state index in [2.05, 4.69) is 27.7 Å². The zero-order chi connectivity index (χ0) is 12.2. The van der Waals surface area contributed by atoms with Crippen molar-refractivity contribution in [1.82, 2.24) is 0 Å². The van der Waals surface area contributed by atoms with E-state index >= 15 is 0 Å². The van der Waals surface area contributed by atoms with E-state index in [0.717, 1.165) is 0 Å². The van der Waals surface area contributed by atoms with Gasteiger partial charge in [-0.1, -0.05) is 39.8 Å². The van der Waals surface area contributed by atoms with Crippen molar-refractivity contribution in [3.8, 4) is 0 Å². The van der Waals surface area contributed by atoms with Gasteiger partial charge < -0.3 is 4.42 Å². The Morgan fingerprint density at radius 2 is 1.56 bits per heavy atom.